The molecule has 0 bridgehead atoms. The van der Waals surface area contributed by atoms with E-state index in [1.54, 1.807) is 6.92 Å². The monoisotopic (exact) mass is 266 g/mol. The first-order chi connectivity index (χ1) is 9.06. The third kappa shape index (κ3) is 2.26. The average Bonchev–Trinajstić information content (AvgIpc) is 2.94. The molecule has 0 aliphatic heterocycles. The largest absolute Gasteiger partial charge is 0.461 e. The van der Waals surface area contributed by atoms with E-state index in [9.17, 15) is 4.79 Å². The smallest absolute Gasteiger partial charge is 0.360 e. The molecule has 9 nitrogen and oxygen atoms in total. The third-order valence-electron chi connectivity index (χ3n) is 2.42. The van der Waals surface area contributed by atoms with Crippen LogP contribution in [-0.2, 0) is 4.74 Å². The highest BCUT2D eigenvalue weighted by Gasteiger charge is 2.26. The summed E-state index contributed by atoms with van der Waals surface area (Å²) in [6, 6.07) is 0. The van der Waals surface area contributed by atoms with Crippen molar-refractivity contribution in [1.82, 2.24) is 25.3 Å². The van der Waals surface area contributed by atoms with E-state index >= 15 is 0 Å². The maximum atomic E-state index is 11.8. The first-order valence-electron chi connectivity index (χ1n) is 5.77. The van der Waals surface area contributed by atoms with Gasteiger partial charge in [-0.25, -0.2) is 9.42 Å². The Morgan fingerprint density at radius 2 is 2.21 bits per heavy atom. The van der Waals surface area contributed by atoms with Crippen LogP contribution in [0.5, 0.6) is 0 Å². The molecule has 19 heavy (non-hydrogen) atoms. The van der Waals surface area contributed by atoms with Crippen molar-refractivity contribution in [2.24, 2.45) is 0 Å². The Balaban J connectivity index is 2.52. The molecule has 0 saturated heterocycles. The fraction of sp³-hybridized carbons (Fsp3) is 0.500. The molecule has 2 N–H and O–H groups in total. The van der Waals surface area contributed by atoms with Crippen LogP contribution in [0.25, 0.3) is 5.82 Å². The highest BCUT2D eigenvalue weighted by Crippen LogP contribution is 2.23. The molecule has 102 valence electrons. The predicted molar refractivity (Wildman–Crippen MR) is 63.7 cm³/mol. The van der Waals surface area contributed by atoms with Crippen LogP contribution in [0.15, 0.2) is 4.63 Å². The maximum Gasteiger partial charge on any atom is 0.360 e. The highest BCUT2D eigenvalue weighted by molar-refractivity contribution is 5.88. The summed E-state index contributed by atoms with van der Waals surface area (Å²) in [4.78, 5) is 11.8. The van der Waals surface area contributed by atoms with Crippen molar-refractivity contribution >= 4 is 11.8 Å². The zero-order chi connectivity index (χ0) is 14.0. The number of nitrogens with two attached hydrogens (primary N) is 1. The van der Waals surface area contributed by atoms with E-state index in [0.717, 1.165) is 0 Å². The van der Waals surface area contributed by atoms with E-state index < -0.39 is 5.97 Å². The van der Waals surface area contributed by atoms with Crippen LogP contribution in [0.4, 0.5) is 5.82 Å². The number of hydrogen-bond donors (Lipinski definition) is 1. The van der Waals surface area contributed by atoms with Gasteiger partial charge in [0.2, 0.25) is 11.6 Å². The second-order valence-corrected chi connectivity index (χ2v) is 4.08. The number of aromatic nitrogens is 5. The van der Waals surface area contributed by atoms with Crippen LogP contribution in [0, 0.1) is 0 Å². The Labute approximate surface area is 108 Å². The van der Waals surface area contributed by atoms with Crippen molar-refractivity contribution in [3.8, 4) is 5.82 Å². The number of ether oxygens (including phenoxy) is 1. The maximum absolute atomic E-state index is 11.8. The summed E-state index contributed by atoms with van der Waals surface area (Å²) in [6.07, 6.45) is 0. The second-order valence-electron chi connectivity index (χ2n) is 4.08. The van der Waals surface area contributed by atoms with E-state index in [4.69, 9.17) is 10.5 Å². The minimum atomic E-state index is -0.535. The molecule has 2 heterocycles. The lowest BCUT2D eigenvalue weighted by Crippen LogP contribution is -2.12. The van der Waals surface area contributed by atoms with Gasteiger partial charge in [0, 0.05) is 0 Å². The molecule has 0 amide bonds. The number of nitrogen functional groups attached to an aromatic ring is 1. The fourth-order valence-corrected chi connectivity index (χ4v) is 1.65. The Kier molecular flexibility index (Phi) is 3.45. The molecule has 0 aromatic carbocycles. The molecule has 9 heteroatoms. The highest BCUT2D eigenvalue weighted by atomic mass is 16.6. The number of carbonyl (C=O) groups excluding carboxylic acids is 1. The summed E-state index contributed by atoms with van der Waals surface area (Å²) in [5.41, 5.74) is 6.29. The van der Waals surface area contributed by atoms with Crippen molar-refractivity contribution in [3.63, 3.8) is 0 Å². The van der Waals surface area contributed by atoms with Crippen molar-refractivity contribution in [2.75, 3.05) is 12.3 Å². The molecule has 0 saturated carbocycles. The minimum absolute atomic E-state index is 0.0366. The number of hydrogen-bond acceptors (Lipinski definition) is 8. The van der Waals surface area contributed by atoms with Crippen molar-refractivity contribution in [1.29, 1.82) is 0 Å². The molecule has 2 aromatic rings. The summed E-state index contributed by atoms with van der Waals surface area (Å²) in [5, 5.41) is 14.8. The molecular weight excluding hydrogens is 252 g/mol. The van der Waals surface area contributed by atoms with Gasteiger partial charge in [-0.2, -0.15) is 4.68 Å². The lowest BCUT2D eigenvalue weighted by Gasteiger charge is -2.08. The zero-order valence-electron chi connectivity index (χ0n) is 10.8. The van der Waals surface area contributed by atoms with Crippen LogP contribution in [0.2, 0.25) is 0 Å². The van der Waals surface area contributed by atoms with Crippen molar-refractivity contribution < 1.29 is 14.2 Å². The number of nitrogens with zero attached hydrogens (tertiary/aromatic N) is 5. The SMILES string of the molecule is CCOC(=O)c1nnn(-c2nonc2N)c1C(C)C. The molecule has 2 rings (SSSR count). The van der Waals surface area contributed by atoms with Gasteiger partial charge in [0.05, 0.1) is 12.3 Å². The van der Waals surface area contributed by atoms with Gasteiger partial charge in [0.25, 0.3) is 0 Å². The average molecular weight is 266 g/mol. The van der Waals surface area contributed by atoms with Crippen LogP contribution in [0.1, 0.15) is 42.9 Å². The molecule has 2 aromatic heterocycles. The van der Waals surface area contributed by atoms with E-state index in [1.807, 2.05) is 13.8 Å². The summed E-state index contributed by atoms with van der Waals surface area (Å²) in [7, 11) is 0. The van der Waals surface area contributed by atoms with E-state index in [0.29, 0.717) is 5.69 Å². The number of anilines is 1. The summed E-state index contributed by atoms with van der Waals surface area (Å²) >= 11 is 0. The van der Waals surface area contributed by atoms with Gasteiger partial charge in [-0.05, 0) is 23.2 Å². The molecular formula is C10H14N6O3. The Morgan fingerprint density at radius 3 is 2.74 bits per heavy atom. The van der Waals surface area contributed by atoms with Gasteiger partial charge in [0.1, 0.15) is 0 Å². The van der Waals surface area contributed by atoms with Gasteiger partial charge in [-0.15, -0.1) is 5.10 Å². The lowest BCUT2D eigenvalue weighted by molar-refractivity contribution is 0.0517. The molecule has 0 radical (unpaired) electrons. The summed E-state index contributed by atoms with van der Waals surface area (Å²) < 4.78 is 10.8. The summed E-state index contributed by atoms with van der Waals surface area (Å²) in [5.74, 6) is -0.299. The van der Waals surface area contributed by atoms with Gasteiger partial charge in [-0.3, -0.25) is 0 Å². The van der Waals surface area contributed by atoms with Crippen LogP contribution >= 0.6 is 0 Å². The van der Waals surface area contributed by atoms with Gasteiger partial charge >= 0.3 is 5.97 Å². The summed E-state index contributed by atoms with van der Waals surface area (Å²) in [6.45, 7) is 5.76. The molecule has 0 unspecified atom stereocenters. The molecule has 0 fully saturated rings. The van der Waals surface area contributed by atoms with E-state index in [2.05, 4.69) is 25.3 Å². The van der Waals surface area contributed by atoms with Gasteiger partial charge < -0.3 is 10.5 Å². The second kappa shape index (κ2) is 5.04. The van der Waals surface area contributed by atoms with Gasteiger partial charge in [0.15, 0.2) is 5.69 Å². The Hall–Kier alpha value is -2.45. The van der Waals surface area contributed by atoms with E-state index in [-0.39, 0.29) is 29.9 Å². The van der Waals surface area contributed by atoms with Crippen molar-refractivity contribution in [3.05, 3.63) is 11.4 Å². The van der Waals surface area contributed by atoms with Gasteiger partial charge in [-0.1, -0.05) is 19.1 Å². The van der Waals surface area contributed by atoms with Crippen molar-refractivity contribution in [2.45, 2.75) is 26.7 Å². The quantitative estimate of drug-likeness (QED) is 0.795. The third-order valence-corrected chi connectivity index (χ3v) is 2.42. The predicted octanol–water partition coefficient (Wildman–Crippen LogP) is 0.533. The number of rotatable bonds is 4. The number of carbonyl (C=O) groups is 1. The van der Waals surface area contributed by atoms with E-state index in [1.165, 1.54) is 4.68 Å². The van der Waals surface area contributed by atoms with Crippen LogP contribution < -0.4 is 5.73 Å². The molecule has 0 aliphatic rings. The first kappa shape index (κ1) is 13.0. The molecule has 0 atom stereocenters. The fourth-order valence-electron chi connectivity index (χ4n) is 1.65. The number of esters is 1. The normalized spacial score (nSPS) is 10.9. The zero-order valence-corrected chi connectivity index (χ0v) is 10.8. The van der Waals surface area contributed by atoms with Crippen LogP contribution in [0.3, 0.4) is 0 Å². The van der Waals surface area contributed by atoms with Crippen LogP contribution in [-0.4, -0.2) is 37.9 Å². The first-order valence-corrected chi connectivity index (χ1v) is 5.77. The Bertz CT molecular complexity index is 588. The standard InChI is InChI=1S/C10H14N6O3/c1-4-18-10(17)6-7(5(2)3)16(15-12-6)9-8(11)13-19-14-9/h5H,4H2,1-3H3,(H2,11,13). The molecule has 0 spiro atoms. The Morgan fingerprint density at radius 1 is 1.47 bits per heavy atom. The lowest BCUT2D eigenvalue weighted by atomic mass is 10.1. The molecule has 0 aliphatic carbocycles. The minimum Gasteiger partial charge on any atom is -0.461 e. The topological polar surface area (TPSA) is 122 Å².